The monoisotopic (exact) mass is 254 g/mol. The van der Waals surface area contributed by atoms with Crippen molar-refractivity contribution in [2.75, 3.05) is 0 Å². The zero-order valence-corrected chi connectivity index (χ0v) is 9.41. The molecule has 2 atom stereocenters. The molecule has 2 rings (SSSR count). The molecular formula is C11H11BrO2. The van der Waals surface area contributed by atoms with E-state index in [1.807, 2.05) is 24.3 Å². The summed E-state index contributed by atoms with van der Waals surface area (Å²) in [6.45, 7) is 1.80. The van der Waals surface area contributed by atoms with Gasteiger partial charge in [-0.25, -0.2) is 0 Å². The number of hydrogen-bond acceptors (Lipinski definition) is 1. The van der Waals surface area contributed by atoms with E-state index in [1.54, 1.807) is 6.92 Å². The van der Waals surface area contributed by atoms with Crippen LogP contribution in [0.1, 0.15) is 24.8 Å². The molecule has 14 heavy (non-hydrogen) atoms. The van der Waals surface area contributed by atoms with Crippen molar-refractivity contribution >= 4 is 21.9 Å². The van der Waals surface area contributed by atoms with E-state index in [0.717, 1.165) is 16.5 Å². The summed E-state index contributed by atoms with van der Waals surface area (Å²) in [6.07, 6.45) is 0.741. The van der Waals surface area contributed by atoms with Gasteiger partial charge in [-0.05, 0) is 25.0 Å². The zero-order chi connectivity index (χ0) is 10.3. The topological polar surface area (TPSA) is 37.3 Å². The normalized spacial score (nSPS) is 30.0. The van der Waals surface area contributed by atoms with Gasteiger partial charge in [0.25, 0.3) is 0 Å². The average Bonchev–Trinajstić information content (AvgIpc) is 2.80. The summed E-state index contributed by atoms with van der Waals surface area (Å²) < 4.78 is 1.01. The molecule has 0 radical (unpaired) electrons. The number of rotatable bonds is 2. The number of carboxylic acids is 1. The third kappa shape index (κ3) is 1.36. The second-order valence-electron chi connectivity index (χ2n) is 4.00. The van der Waals surface area contributed by atoms with E-state index >= 15 is 0 Å². The van der Waals surface area contributed by atoms with E-state index < -0.39 is 11.4 Å². The quantitative estimate of drug-likeness (QED) is 0.881. The third-order valence-electron chi connectivity index (χ3n) is 3.01. The van der Waals surface area contributed by atoms with Crippen molar-refractivity contribution in [3.63, 3.8) is 0 Å². The minimum absolute atomic E-state index is 0.163. The Labute approximate surface area is 91.1 Å². The molecule has 0 unspecified atom stereocenters. The van der Waals surface area contributed by atoms with Crippen LogP contribution in [0.15, 0.2) is 28.7 Å². The molecule has 1 aliphatic carbocycles. The van der Waals surface area contributed by atoms with Crippen LogP contribution in [0, 0.1) is 5.41 Å². The molecule has 74 valence electrons. The molecule has 0 bridgehead atoms. The number of aliphatic carboxylic acids is 1. The molecule has 1 N–H and O–H groups in total. The van der Waals surface area contributed by atoms with Gasteiger partial charge < -0.3 is 5.11 Å². The number of carboxylic acid groups (broad SMARTS) is 1. The number of carbonyl (C=O) groups is 1. The van der Waals surface area contributed by atoms with Gasteiger partial charge in [0.05, 0.1) is 5.41 Å². The lowest BCUT2D eigenvalue weighted by Crippen LogP contribution is -2.12. The van der Waals surface area contributed by atoms with Gasteiger partial charge in [-0.1, -0.05) is 34.1 Å². The van der Waals surface area contributed by atoms with Gasteiger partial charge >= 0.3 is 5.97 Å². The number of benzene rings is 1. The highest BCUT2D eigenvalue weighted by Crippen LogP contribution is 2.60. The fourth-order valence-corrected chi connectivity index (χ4v) is 2.37. The minimum Gasteiger partial charge on any atom is -0.481 e. The largest absolute Gasteiger partial charge is 0.481 e. The number of halogens is 1. The van der Waals surface area contributed by atoms with Gasteiger partial charge in [0.2, 0.25) is 0 Å². The Morgan fingerprint density at radius 3 is 2.71 bits per heavy atom. The zero-order valence-electron chi connectivity index (χ0n) is 7.83. The predicted octanol–water partition coefficient (Wildman–Crippen LogP) is 3.03. The Kier molecular flexibility index (Phi) is 2.14. The fourth-order valence-electron chi connectivity index (χ4n) is 1.81. The van der Waals surface area contributed by atoms with E-state index in [1.165, 1.54) is 0 Å². The van der Waals surface area contributed by atoms with Crippen molar-refractivity contribution in [2.24, 2.45) is 5.41 Å². The van der Waals surface area contributed by atoms with Crippen LogP contribution in [0.25, 0.3) is 0 Å². The first-order valence-corrected chi connectivity index (χ1v) is 5.33. The highest BCUT2D eigenvalue weighted by Gasteiger charge is 2.57. The summed E-state index contributed by atoms with van der Waals surface area (Å²) in [4.78, 5) is 11.0. The Morgan fingerprint density at radius 1 is 1.57 bits per heavy atom. The Morgan fingerprint density at radius 2 is 2.21 bits per heavy atom. The molecule has 0 aliphatic heterocycles. The van der Waals surface area contributed by atoms with Gasteiger partial charge in [0, 0.05) is 10.4 Å². The van der Waals surface area contributed by atoms with E-state index in [-0.39, 0.29) is 5.92 Å². The van der Waals surface area contributed by atoms with Crippen LogP contribution < -0.4 is 0 Å². The maximum absolute atomic E-state index is 11.0. The van der Waals surface area contributed by atoms with Crippen molar-refractivity contribution < 1.29 is 9.90 Å². The second kappa shape index (κ2) is 3.09. The molecule has 0 amide bonds. The first-order valence-electron chi connectivity index (χ1n) is 4.53. The molecule has 1 fully saturated rings. The molecule has 1 saturated carbocycles. The number of hydrogen-bond donors (Lipinski definition) is 1. The first-order chi connectivity index (χ1) is 6.55. The van der Waals surface area contributed by atoms with Crippen molar-refractivity contribution in [1.29, 1.82) is 0 Å². The summed E-state index contributed by atoms with van der Waals surface area (Å²) in [6, 6.07) is 7.83. The third-order valence-corrected chi connectivity index (χ3v) is 3.73. The van der Waals surface area contributed by atoms with Crippen LogP contribution in [-0.4, -0.2) is 11.1 Å². The van der Waals surface area contributed by atoms with Crippen LogP contribution in [-0.2, 0) is 4.79 Å². The molecule has 0 heterocycles. The lowest BCUT2D eigenvalue weighted by atomic mass is 10.0. The molecule has 1 aromatic rings. The van der Waals surface area contributed by atoms with Gasteiger partial charge in [-0.15, -0.1) is 0 Å². The summed E-state index contributed by atoms with van der Waals surface area (Å²) in [5.74, 6) is -0.533. The molecule has 0 saturated heterocycles. The Bertz CT molecular complexity index is 389. The van der Waals surface area contributed by atoms with E-state index in [0.29, 0.717) is 0 Å². The standard InChI is InChI=1S/C11H11BrO2/c1-11(10(13)14)6-8(11)7-4-2-3-5-9(7)12/h2-5,8H,6H2,1H3,(H,13,14)/t8-,11+/m1/s1. The Balaban J connectivity index is 2.29. The van der Waals surface area contributed by atoms with E-state index in [2.05, 4.69) is 15.9 Å². The minimum atomic E-state index is -0.696. The predicted molar refractivity (Wildman–Crippen MR) is 57.2 cm³/mol. The van der Waals surface area contributed by atoms with E-state index in [4.69, 9.17) is 5.11 Å². The highest BCUT2D eigenvalue weighted by atomic mass is 79.9. The highest BCUT2D eigenvalue weighted by molar-refractivity contribution is 9.10. The SMILES string of the molecule is C[C@]1(C(=O)O)C[C@@H]1c1ccccc1Br. The summed E-state index contributed by atoms with van der Waals surface area (Å²) >= 11 is 3.44. The van der Waals surface area contributed by atoms with Gasteiger partial charge in [0.1, 0.15) is 0 Å². The summed E-state index contributed by atoms with van der Waals surface area (Å²) in [5, 5.41) is 9.02. The molecule has 1 aliphatic rings. The average molecular weight is 255 g/mol. The van der Waals surface area contributed by atoms with Crippen LogP contribution in [0.4, 0.5) is 0 Å². The van der Waals surface area contributed by atoms with Gasteiger partial charge in [-0.2, -0.15) is 0 Å². The summed E-state index contributed by atoms with van der Waals surface area (Å²) in [7, 11) is 0. The van der Waals surface area contributed by atoms with Crippen molar-refractivity contribution in [3.8, 4) is 0 Å². The van der Waals surface area contributed by atoms with Crippen molar-refractivity contribution in [2.45, 2.75) is 19.3 Å². The van der Waals surface area contributed by atoms with Gasteiger partial charge in [0.15, 0.2) is 0 Å². The molecule has 2 nitrogen and oxygen atoms in total. The van der Waals surface area contributed by atoms with Crippen LogP contribution >= 0.6 is 15.9 Å². The van der Waals surface area contributed by atoms with Crippen molar-refractivity contribution in [3.05, 3.63) is 34.3 Å². The molecule has 0 spiro atoms. The van der Waals surface area contributed by atoms with Crippen LogP contribution in [0.3, 0.4) is 0 Å². The second-order valence-corrected chi connectivity index (χ2v) is 4.86. The molecule has 0 aromatic heterocycles. The molecule has 1 aromatic carbocycles. The smallest absolute Gasteiger partial charge is 0.309 e. The van der Waals surface area contributed by atoms with E-state index in [9.17, 15) is 4.79 Å². The molecular weight excluding hydrogens is 244 g/mol. The van der Waals surface area contributed by atoms with Crippen LogP contribution in [0.5, 0.6) is 0 Å². The molecule has 3 heteroatoms. The van der Waals surface area contributed by atoms with Gasteiger partial charge in [-0.3, -0.25) is 4.79 Å². The lowest BCUT2D eigenvalue weighted by molar-refractivity contribution is -0.142. The maximum Gasteiger partial charge on any atom is 0.309 e. The fraction of sp³-hybridized carbons (Fsp3) is 0.364. The van der Waals surface area contributed by atoms with Crippen LogP contribution in [0.2, 0.25) is 0 Å². The lowest BCUT2D eigenvalue weighted by Gasteiger charge is -2.06. The Hall–Kier alpha value is -0.830. The summed E-state index contributed by atoms with van der Waals surface area (Å²) in [5.41, 5.74) is 0.557. The van der Waals surface area contributed by atoms with Crippen molar-refractivity contribution in [1.82, 2.24) is 0 Å². The first kappa shape index (κ1) is 9.71. The maximum atomic E-state index is 11.0.